The molecule has 0 spiro atoms. The Morgan fingerprint density at radius 3 is 1.21 bits per heavy atom. The van der Waals surface area contributed by atoms with E-state index in [1.165, 1.54) is 89.9 Å². The number of nitrogens with one attached hydrogen (secondary N) is 1. The molecule has 0 bridgehead atoms. The molecule has 0 radical (unpaired) electrons. The molecule has 0 amide bonds. The Bertz CT molecular complexity index is 237. The molecular formula is C20H43NO3. The first-order valence-electron chi connectivity index (χ1n) is 10.5. The van der Waals surface area contributed by atoms with E-state index in [9.17, 15) is 0 Å². The van der Waals surface area contributed by atoms with Gasteiger partial charge in [-0.1, -0.05) is 103 Å². The molecule has 1 atom stereocenters. The predicted molar refractivity (Wildman–Crippen MR) is 102 cm³/mol. The molecule has 0 aliphatic rings. The molecule has 0 aromatic heterocycles. The van der Waals surface area contributed by atoms with Crippen LogP contribution in [0.5, 0.6) is 0 Å². The highest BCUT2D eigenvalue weighted by atomic mass is 16.5. The summed E-state index contributed by atoms with van der Waals surface area (Å²) in [5, 5.41) is 29.2. The topological polar surface area (TPSA) is 72.7 Å². The van der Waals surface area contributed by atoms with Crippen LogP contribution in [0.15, 0.2) is 0 Å². The molecule has 146 valence electrons. The molecule has 0 aromatic carbocycles. The molecule has 4 nitrogen and oxygen atoms in total. The normalized spacial score (nSPS) is 12.9. The van der Waals surface area contributed by atoms with Gasteiger partial charge >= 0.3 is 0 Å². The van der Waals surface area contributed by atoms with E-state index in [1.54, 1.807) is 0 Å². The molecule has 24 heavy (non-hydrogen) atoms. The zero-order chi connectivity index (χ0) is 17.9. The van der Waals surface area contributed by atoms with Crippen LogP contribution in [0, 0.1) is 0 Å². The minimum absolute atomic E-state index is 0.636. The van der Waals surface area contributed by atoms with Gasteiger partial charge in [0.25, 0.3) is 0 Å². The Balaban J connectivity index is 3.03. The lowest BCUT2D eigenvalue weighted by molar-refractivity contribution is -0.132. The van der Waals surface area contributed by atoms with Crippen LogP contribution in [0.25, 0.3) is 0 Å². The third kappa shape index (κ3) is 18.2. The van der Waals surface area contributed by atoms with Crippen LogP contribution >= 0.6 is 0 Å². The van der Waals surface area contributed by atoms with Gasteiger partial charge in [-0.15, -0.1) is 0 Å². The monoisotopic (exact) mass is 345 g/mol. The van der Waals surface area contributed by atoms with E-state index in [2.05, 4.69) is 12.2 Å². The largest absolute Gasteiger partial charge is 0.373 e. The van der Waals surface area contributed by atoms with E-state index < -0.39 is 12.5 Å². The van der Waals surface area contributed by atoms with E-state index in [1.807, 2.05) is 0 Å². The summed E-state index contributed by atoms with van der Waals surface area (Å²) in [6, 6.07) is 0. The zero-order valence-electron chi connectivity index (χ0n) is 16.0. The summed E-state index contributed by atoms with van der Waals surface area (Å²) < 4.78 is 0. The Hall–Kier alpha value is -0.160. The molecule has 0 rings (SSSR count). The number of rotatable bonds is 19. The molecular weight excluding hydrogens is 302 g/mol. The Labute approximate surface area is 150 Å². The van der Waals surface area contributed by atoms with Crippen molar-refractivity contribution in [2.75, 3.05) is 6.54 Å². The molecule has 0 fully saturated rings. The number of aliphatic hydroxyl groups excluding tert-OH is 2. The first kappa shape index (κ1) is 23.8. The fourth-order valence-electron chi connectivity index (χ4n) is 3.03. The van der Waals surface area contributed by atoms with Crippen LogP contribution in [-0.4, -0.2) is 34.4 Å². The maximum absolute atomic E-state index is 9.14. The Morgan fingerprint density at radius 1 is 0.542 bits per heavy atom. The van der Waals surface area contributed by atoms with Crippen LogP contribution in [0.4, 0.5) is 0 Å². The van der Waals surface area contributed by atoms with Crippen molar-refractivity contribution >= 4 is 0 Å². The van der Waals surface area contributed by atoms with Crippen molar-refractivity contribution in [3.63, 3.8) is 0 Å². The third-order valence-electron chi connectivity index (χ3n) is 4.67. The van der Waals surface area contributed by atoms with Crippen LogP contribution in [-0.2, 0) is 0 Å². The van der Waals surface area contributed by atoms with Gasteiger partial charge in [-0.3, -0.25) is 5.32 Å². The standard InChI is InChI=1S/C20H43NO3/c1-2-3-4-5-6-7-8-9-10-11-12-13-14-15-16-17-18-21-19(22)20(23)24/h19-24H,2-18H2,1H3. The van der Waals surface area contributed by atoms with Crippen LogP contribution in [0.2, 0.25) is 0 Å². The van der Waals surface area contributed by atoms with E-state index in [4.69, 9.17) is 15.3 Å². The molecule has 0 saturated carbocycles. The fourth-order valence-corrected chi connectivity index (χ4v) is 3.03. The smallest absolute Gasteiger partial charge is 0.192 e. The van der Waals surface area contributed by atoms with Crippen molar-refractivity contribution in [2.24, 2.45) is 0 Å². The zero-order valence-corrected chi connectivity index (χ0v) is 16.0. The van der Waals surface area contributed by atoms with Crippen LogP contribution in [0.3, 0.4) is 0 Å². The Morgan fingerprint density at radius 2 is 0.875 bits per heavy atom. The van der Waals surface area contributed by atoms with Crippen molar-refractivity contribution < 1.29 is 15.3 Å². The van der Waals surface area contributed by atoms with E-state index >= 15 is 0 Å². The molecule has 0 heterocycles. The first-order chi connectivity index (χ1) is 11.7. The average molecular weight is 346 g/mol. The van der Waals surface area contributed by atoms with E-state index in [0.717, 1.165) is 12.8 Å². The van der Waals surface area contributed by atoms with Gasteiger partial charge in [0, 0.05) is 0 Å². The summed E-state index contributed by atoms with van der Waals surface area (Å²) in [4.78, 5) is 0. The molecule has 4 N–H and O–H groups in total. The lowest BCUT2D eigenvalue weighted by atomic mass is 10.0. The third-order valence-corrected chi connectivity index (χ3v) is 4.67. The van der Waals surface area contributed by atoms with Crippen LogP contribution < -0.4 is 5.32 Å². The van der Waals surface area contributed by atoms with Gasteiger partial charge in [-0.2, -0.15) is 0 Å². The van der Waals surface area contributed by atoms with Crippen molar-refractivity contribution in [3.05, 3.63) is 0 Å². The van der Waals surface area contributed by atoms with Crippen molar-refractivity contribution in [2.45, 2.75) is 122 Å². The first-order valence-corrected chi connectivity index (χ1v) is 10.5. The lowest BCUT2D eigenvalue weighted by Crippen LogP contribution is -2.39. The van der Waals surface area contributed by atoms with E-state index in [0.29, 0.717) is 6.54 Å². The van der Waals surface area contributed by atoms with Gasteiger partial charge in [0.05, 0.1) is 0 Å². The second-order valence-corrected chi connectivity index (χ2v) is 7.12. The summed E-state index contributed by atoms with van der Waals surface area (Å²) in [6.07, 6.45) is 18.5. The SMILES string of the molecule is CCCCCCCCCCCCCCCCCCNC(O)C(O)O. The van der Waals surface area contributed by atoms with Gasteiger partial charge in [0.2, 0.25) is 0 Å². The van der Waals surface area contributed by atoms with Gasteiger partial charge in [-0.25, -0.2) is 0 Å². The molecule has 0 saturated heterocycles. The van der Waals surface area contributed by atoms with Gasteiger partial charge < -0.3 is 15.3 Å². The Kier molecular flexibility index (Phi) is 19.0. The minimum atomic E-state index is -1.69. The second kappa shape index (κ2) is 19.2. The minimum Gasteiger partial charge on any atom is -0.373 e. The van der Waals surface area contributed by atoms with E-state index in [-0.39, 0.29) is 0 Å². The lowest BCUT2D eigenvalue weighted by Gasteiger charge is -2.13. The molecule has 0 aliphatic heterocycles. The number of aliphatic hydroxyl groups is 3. The fraction of sp³-hybridized carbons (Fsp3) is 1.00. The quantitative estimate of drug-likeness (QED) is 0.206. The van der Waals surface area contributed by atoms with Gasteiger partial charge in [0.15, 0.2) is 12.5 Å². The second-order valence-electron chi connectivity index (χ2n) is 7.12. The maximum Gasteiger partial charge on any atom is 0.192 e. The van der Waals surface area contributed by atoms with Crippen LogP contribution in [0.1, 0.15) is 110 Å². The summed E-state index contributed by atoms with van der Waals surface area (Å²) in [5.74, 6) is 0. The molecule has 4 heteroatoms. The summed E-state index contributed by atoms with van der Waals surface area (Å²) >= 11 is 0. The average Bonchev–Trinajstić information content (AvgIpc) is 2.57. The van der Waals surface area contributed by atoms with Crippen molar-refractivity contribution in [1.82, 2.24) is 5.32 Å². The number of hydrogen-bond donors (Lipinski definition) is 4. The predicted octanol–water partition coefficient (Wildman–Crippen LogP) is 4.47. The van der Waals surface area contributed by atoms with Gasteiger partial charge in [0.1, 0.15) is 0 Å². The number of hydrogen-bond acceptors (Lipinski definition) is 4. The molecule has 0 aliphatic carbocycles. The highest BCUT2D eigenvalue weighted by Crippen LogP contribution is 2.13. The number of unbranched alkanes of at least 4 members (excludes halogenated alkanes) is 15. The summed E-state index contributed by atoms with van der Waals surface area (Å²) in [5.41, 5.74) is 0. The summed E-state index contributed by atoms with van der Waals surface area (Å²) in [7, 11) is 0. The van der Waals surface area contributed by atoms with Crippen molar-refractivity contribution in [3.8, 4) is 0 Å². The highest BCUT2D eigenvalue weighted by molar-refractivity contribution is 4.55. The van der Waals surface area contributed by atoms with Crippen molar-refractivity contribution in [1.29, 1.82) is 0 Å². The molecule has 0 aromatic rings. The highest BCUT2D eigenvalue weighted by Gasteiger charge is 2.09. The van der Waals surface area contributed by atoms with Gasteiger partial charge in [-0.05, 0) is 13.0 Å². The molecule has 1 unspecified atom stereocenters. The maximum atomic E-state index is 9.14. The summed E-state index contributed by atoms with van der Waals surface area (Å²) in [6.45, 7) is 2.91.